The molecule has 0 aromatic heterocycles. The van der Waals surface area contributed by atoms with Gasteiger partial charge in [-0.1, -0.05) is 30.3 Å². The monoisotopic (exact) mass is 327 g/mol. The fourth-order valence-corrected chi connectivity index (χ4v) is 4.19. The Kier molecular flexibility index (Phi) is 5.93. The molecule has 1 atom stereocenters. The van der Waals surface area contributed by atoms with Crippen LogP contribution in [0.25, 0.3) is 0 Å². The van der Waals surface area contributed by atoms with Crippen LogP contribution in [0, 0.1) is 5.92 Å². The van der Waals surface area contributed by atoms with E-state index in [1.807, 2.05) is 6.07 Å². The highest BCUT2D eigenvalue weighted by Crippen LogP contribution is 2.16. The minimum absolute atomic E-state index is 0.0254. The molecule has 1 saturated heterocycles. The Morgan fingerprint density at radius 1 is 1.27 bits per heavy atom. The highest BCUT2D eigenvalue weighted by atomic mass is 32.2. The highest BCUT2D eigenvalue weighted by molar-refractivity contribution is 7.89. The van der Waals surface area contributed by atoms with E-state index in [1.165, 1.54) is 0 Å². The molecule has 0 bridgehead atoms. The van der Waals surface area contributed by atoms with E-state index >= 15 is 0 Å². The molecule has 7 heteroatoms. The van der Waals surface area contributed by atoms with Crippen LogP contribution in [-0.4, -0.2) is 44.5 Å². The maximum absolute atomic E-state index is 12.2. The molecular formula is C15H21NO5S. The summed E-state index contributed by atoms with van der Waals surface area (Å²) in [5.74, 6) is -1.19. The predicted octanol–water partition coefficient (Wildman–Crippen LogP) is 1.03. The van der Waals surface area contributed by atoms with E-state index in [9.17, 15) is 18.3 Å². The van der Waals surface area contributed by atoms with Gasteiger partial charge >= 0.3 is 5.97 Å². The number of carboxylic acids is 1. The smallest absolute Gasteiger partial charge is 0.322 e. The first kappa shape index (κ1) is 16.9. The molecule has 6 nitrogen and oxygen atoms in total. The van der Waals surface area contributed by atoms with Crippen LogP contribution in [0.1, 0.15) is 18.4 Å². The Morgan fingerprint density at radius 2 is 1.91 bits per heavy atom. The molecular weight excluding hydrogens is 306 g/mol. The second kappa shape index (κ2) is 7.71. The Hall–Kier alpha value is -1.44. The molecule has 1 fully saturated rings. The van der Waals surface area contributed by atoms with Gasteiger partial charge in [0.25, 0.3) is 0 Å². The van der Waals surface area contributed by atoms with E-state index < -0.39 is 22.0 Å². The summed E-state index contributed by atoms with van der Waals surface area (Å²) >= 11 is 0. The van der Waals surface area contributed by atoms with Crippen LogP contribution in [0.5, 0.6) is 0 Å². The first-order chi connectivity index (χ1) is 10.5. The molecule has 0 radical (unpaired) electrons. The molecule has 22 heavy (non-hydrogen) atoms. The average Bonchev–Trinajstić information content (AvgIpc) is 2.48. The van der Waals surface area contributed by atoms with Crippen LogP contribution >= 0.6 is 0 Å². The largest absolute Gasteiger partial charge is 0.480 e. The van der Waals surface area contributed by atoms with Gasteiger partial charge in [-0.3, -0.25) is 4.79 Å². The molecule has 122 valence electrons. The van der Waals surface area contributed by atoms with Gasteiger partial charge in [0.1, 0.15) is 6.04 Å². The van der Waals surface area contributed by atoms with Gasteiger partial charge in [-0.05, 0) is 30.7 Å². The number of ether oxygens (including phenoxy) is 1. The van der Waals surface area contributed by atoms with Crippen LogP contribution in [0.3, 0.4) is 0 Å². The summed E-state index contributed by atoms with van der Waals surface area (Å²) in [7, 11) is -3.63. The summed E-state index contributed by atoms with van der Waals surface area (Å²) in [6, 6.07) is 7.84. The van der Waals surface area contributed by atoms with Gasteiger partial charge in [0.2, 0.25) is 10.0 Å². The zero-order valence-corrected chi connectivity index (χ0v) is 13.1. The summed E-state index contributed by atoms with van der Waals surface area (Å²) in [5, 5.41) is 9.26. The van der Waals surface area contributed by atoms with E-state index in [0.29, 0.717) is 26.1 Å². The van der Waals surface area contributed by atoms with Crippen molar-refractivity contribution in [2.24, 2.45) is 5.92 Å². The summed E-state index contributed by atoms with van der Waals surface area (Å²) < 4.78 is 31.9. The number of benzene rings is 1. The van der Waals surface area contributed by atoms with Crippen LogP contribution < -0.4 is 4.72 Å². The zero-order chi connectivity index (χ0) is 16.0. The second-order valence-electron chi connectivity index (χ2n) is 5.54. The second-order valence-corrected chi connectivity index (χ2v) is 7.33. The van der Waals surface area contributed by atoms with Gasteiger partial charge in [0.15, 0.2) is 0 Å². The first-order valence-corrected chi connectivity index (χ1v) is 8.96. The van der Waals surface area contributed by atoms with E-state index in [0.717, 1.165) is 5.56 Å². The number of carboxylic acid groups (broad SMARTS) is 1. The van der Waals surface area contributed by atoms with Crippen molar-refractivity contribution in [3.63, 3.8) is 0 Å². The Labute approximate surface area is 130 Å². The van der Waals surface area contributed by atoms with Crippen molar-refractivity contribution in [3.8, 4) is 0 Å². The van der Waals surface area contributed by atoms with Crippen molar-refractivity contribution in [1.29, 1.82) is 0 Å². The van der Waals surface area contributed by atoms with Crippen molar-refractivity contribution in [2.75, 3.05) is 19.0 Å². The number of nitrogens with one attached hydrogen (secondary N) is 1. The maximum atomic E-state index is 12.2. The molecule has 0 amide bonds. The van der Waals surface area contributed by atoms with Crippen molar-refractivity contribution in [2.45, 2.75) is 25.3 Å². The highest BCUT2D eigenvalue weighted by Gasteiger charge is 2.27. The van der Waals surface area contributed by atoms with Crippen molar-refractivity contribution in [3.05, 3.63) is 35.9 Å². The molecule has 1 aromatic carbocycles. The van der Waals surface area contributed by atoms with Gasteiger partial charge in [-0.15, -0.1) is 0 Å². The molecule has 1 heterocycles. The number of sulfonamides is 1. The van der Waals surface area contributed by atoms with Gasteiger partial charge in [0, 0.05) is 13.2 Å². The van der Waals surface area contributed by atoms with Gasteiger partial charge in [-0.2, -0.15) is 0 Å². The van der Waals surface area contributed by atoms with Crippen LogP contribution in [0.15, 0.2) is 30.3 Å². The molecule has 1 aromatic rings. The topological polar surface area (TPSA) is 92.7 Å². The van der Waals surface area contributed by atoms with Crippen molar-refractivity contribution in [1.82, 2.24) is 4.72 Å². The molecule has 2 rings (SSSR count). The number of hydrogen-bond donors (Lipinski definition) is 2. The lowest BCUT2D eigenvalue weighted by Gasteiger charge is -2.23. The van der Waals surface area contributed by atoms with Crippen molar-refractivity contribution >= 4 is 16.0 Å². The third-order valence-corrected chi connectivity index (χ3v) is 5.25. The number of carbonyl (C=O) groups is 1. The van der Waals surface area contributed by atoms with Gasteiger partial charge in [-0.25, -0.2) is 13.1 Å². The van der Waals surface area contributed by atoms with Crippen LogP contribution in [-0.2, 0) is 26.0 Å². The summed E-state index contributed by atoms with van der Waals surface area (Å²) in [4.78, 5) is 11.3. The molecule has 0 unspecified atom stereocenters. The Morgan fingerprint density at radius 3 is 2.50 bits per heavy atom. The lowest BCUT2D eigenvalue weighted by molar-refractivity contribution is -0.138. The minimum Gasteiger partial charge on any atom is -0.480 e. The summed E-state index contributed by atoms with van der Waals surface area (Å²) in [6.07, 6.45) is 1.51. The summed E-state index contributed by atoms with van der Waals surface area (Å²) in [6.45, 7) is 1.12. The van der Waals surface area contributed by atoms with Crippen molar-refractivity contribution < 1.29 is 23.1 Å². The minimum atomic E-state index is -3.63. The fourth-order valence-electron chi connectivity index (χ4n) is 2.52. The van der Waals surface area contributed by atoms with Crippen LogP contribution in [0.2, 0.25) is 0 Å². The predicted molar refractivity (Wildman–Crippen MR) is 82.0 cm³/mol. The third-order valence-electron chi connectivity index (χ3n) is 3.70. The normalized spacial score (nSPS) is 18.0. The quantitative estimate of drug-likeness (QED) is 0.780. The molecule has 0 aliphatic carbocycles. The van der Waals surface area contributed by atoms with E-state index in [4.69, 9.17) is 4.74 Å². The molecule has 2 N–H and O–H groups in total. The lowest BCUT2D eigenvalue weighted by atomic mass is 10.0. The SMILES string of the molecule is O=C(O)[C@H](Cc1ccccc1)NS(=O)(=O)CC1CCOCC1. The Bertz CT molecular complexity index is 581. The average molecular weight is 327 g/mol. The first-order valence-electron chi connectivity index (χ1n) is 7.31. The lowest BCUT2D eigenvalue weighted by Crippen LogP contribution is -2.44. The van der Waals surface area contributed by atoms with Gasteiger partial charge in [0.05, 0.1) is 5.75 Å². The van der Waals surface area contributed by atoms with E-state index in [1.54, 1.807) is 24.3 Å². The van der Waals surface area contributed by atoms with Crippen LogP contribution in [0.4, 0.5) is 0 Å². The number of aliphatic carboxylic acids is 1. The number of hydrogen-bond acceptors (Lipinski definition) is 4. The molecule has 0 spiro atoms. The zero-order valence-electron chi connectivity index (χ0n) is 12.3. The van der Waals surface area contributed by atoms with E-state index in [-0.39, 0.29) is 18.1 Å². The molecule has 1 aliphatic heterocycles. The van der Waals surface area contributed by atoms with Gasteiger partial charge < -0.3 is 9.84 Å². The fraction of sp³-hybridized carbons (Fsp3) is 0.533. The standard InChI is InChI=1S/C15H21NO5S/c17-15(18)14(10-12-4-2-1-3-5-12)16-22(19,20)11-13-6-8-21-9-7-13/h1-5,13-14,16H,6-11H2,(H,17,18)/t14-/m0/s1. The molecule has 0 saturated carbocycles. The summed E-state index contributed by atoms with van der Waals surface area (Å²) in [5.41, 5.74) is 0.781. The maximum Gasteiger partial charge on any atom is 0.322 e. The molecule has 1 aliphatic rings. The third kappa shape index (κ3) is 5.40. The number of rotatable bonds is 7. The van der Waals surface area contributed by atoms with E-state index in [2.05, 4.69) is 4.72 Å². The Balaban J connectivity index is 1.98.